The Kier molecular flexibility index (Phi) is 4.26. The number of likely N-dealkylation sites (N-methyl/N-ethyl adjacent to an activating group) is 1. The Labute approximate surface area is 100 Å². The number of nitrogens with zero attached hydrogens (tertiary/aromatic N) is 1. The predicted molar refractivity (Wildman–Crippen MR) is 66.8 cm³/mol. The zero-order chi connectivity index (χ0) is 12.3. The fourth-order valence-electron chi connectivity index (χ4n) is 1.34. The molecule has 0 bridgehead atoms. The molecule has 0 saturated carbocycles. The molecule has 0 radical (unpaired) electrons. The SMILES string of the molecule is C=C(C)CN(C)S(=O)(=O)c1ccsc1CN. The van der Waals surface area contributed by atoms with E-state index in [1.54, 1.807) is 25.4 Å². The van der Waals surface area contributed by atoms with Crippen molar-refractivity contribution in [1.29, 1.82) is 0 Å². The summed E-state index contributed by atoms with van der Waals surface area (Å²) in [6.45, 7) is 6.06. The van der Waals surface area contributed by atoms with Gasteiger partial charge in [-0.1, -0.05) is 12.2 Å². The molecule has 6 heteroatoms. The molecule has 0 aliphatic carbocycles. The van der Waals surface area contributed by atoms with Crippen LogP contribution >= 0.6 is 11.3 Å². The van der Waals surface area contributed by atoms with Crippen LogP contribution < -0.4 is 5.73 Å². The van der Waals surface area contributed by atoms with Crippen molar-refractivity contribution in [2.24, 2.45) is 5.73 Å². The smallest absolute Gasteiger partial charge is 0.244 e. The first-order valence-electron chi connectivity index (χ1n) is 4.76. The molecule has 0 spiro atoms. The molecule has 1 aromatic rings. The average molecular weight is 260 g/mol. The molecule has 0 saturated heterocycles. The minimum atomic E-state index is -3.43. The molecule has 2 N–H and O–H groups in total. The molecule has 4 nitrogen and oxygen atoms in total. The summed E-state index contributed by atoms with van der Waals surface area (Å²) in [6, 6.07) is 1.59. The Hall–Kier alpha value is -0.690. The number of nitrogens with two attached hydrogens (primary N) is 1. The number of sulfonamides is 1. The summed E-state index contributed by atoms with van der Waals surface area (Å²) in [6.07, 6.45) is 0. The lowest BCUT2D eigenvalue weighted by Gasteiger charge is -2.17. The van der Waals surface area contributed by atoms with Crippen LogP contribution in [0, 0.1) is 0 Å². The highest BCUT2D eigenvalue weighted by Gasteiger charge is 2.24. The van der Waals surface area contributed by atoms with E-state index in [0.29, 0.717) is 16.3 Å². The zero-order valence-corrected chi connectivity index (χ0v) is 11.1. The number of thiophene rings is 1. The van der Waals surface area contributed by atoms with Crippen molar-refractivity contribution in [1.82, 2.24) is 4.31 Å². The van der Waals surface area contributed by atoms with Gasteiger partial charge < -0.3 is 5.73 Å². The van der Waals surface area contributed by atoms with E-state index in [2.05, 4.69) is 6.58 Å². The first-order valence-corrected chi connectivity index (χ1v) is 7.08. The predicted octanol–water partition coefficient (Wildman–Crippen LogP) is 1.40. The highest BCUT2D eigenvalue weighted by molar-refractivity contribution is 7.89. The van der Waals surface area contributed by atoms with Gasteiger partial charge in [0.2, 0.25) is 10.0 Å². The van der Waals surface area contributed by atoms with E-state index in [-0.39, 0.29) is 6.54 Å². The maximum atomic E-state index is 12.1. The normalized spacial score (nSPS) is 12.0. The van der Waals surface area contributed by atoms with Crippen molar-refractivity contribution in [3.05, 3.63) is 28.5 Å². The molecule has 0 atom stereocenters. The van der Waals surface area contributed by atoms with E-state index in [1.807, 2.05) is 0 Å². The third-order valence-corrected chi connectivity index (χ3v) is 5.03. The Morgan fingerprint density at radius 1 is 1.62 bits per heavy atom. The first kappa shape index (κ1) is 13.4. The standard InChI is InChI=1S/C10H16N2O2S2/c1-8(2)7-12(3)16(13,14)10-4-5-15-9(10)6-11/h4-5H,1,6-7,11H2,2-3H3. The molecule has 16 heavy (non-hydrogen) atoms. The Balaban J connectivity index is 3.07. The van der Waals surface area contributed by atoms with E-state index in [0.717, 1.165) is 5.57 Å². The Morgan fingerprint density at radius 3 is 2.75 bits per heavy atom. The van der Waals surface area contributed by atoms with Gasteiger partial charge in [0.1, 0.15) is 0 Å². The molecular weight excluding hydrogens is 244 g/mol. The summed E-state index contributed by atoms with van der Waals surface area (Å²) in [5.74, 6) is 0. The lowest BCUT2D eigenvalue weighted by Crippen LogP contribution is -2.28. The Bertz CT molecular complexity index is 477. The Morgan fingerprint density at radius 2 is 2.25 bits per heavy atom. The van der Waals surface area contributed by atoms with Gasteiger partial charge in [-0.3, -0.25) is 0 Å². The molecular formula is C10H16N2O2S2. The van der Waals surface area contributed by atoms with Gasteiger partial charge in [0.25, 0.3) is 0 Å². The van der Waals surface area contributed by atoms with E-state index in [9.17, 15) is 8.42 Å². The van der Waals surface area contributed by atoms with Crippen molar-refractivity contribution in [2.45, 2.75) is 18.4 Å². The van der Waals surface area contributed by atoms with E-state index >= 15 is 0 Å². The van der Waals surface area contributed by atoms with Crippen LogP contribution in [0.3, 0.4) is 0 Å². The van der Waals surface area contributed by atoms with E-state index in [1.165, 1.54) is 15.6 Å². The van der Waals surface area contributed by atoms with Crippen LogP contribution in [-0.4, -0.2) is 26.3 Å². The van der Waals surface area contributed by atoms with Crippen molar-refractivity contribution in [3.8, 4) is 0 Å². The molecule has 0 fully saturated rings. The lowest BCUT2D eigenvalue weighted by molar-refractivity contribution is 0.492. The lowest BCUT2D eigenvalue weighted by atomic mass is 10.4. The van der Waals surface area contributed by atoms with Gasteiger partial charge in [-0.25, -0.2) is 8.42 Å². The van der Waals surface area contributed by atoms with Crippen LogP contribution in [0.15, 0.2) is 28.5 Å². The quantitative estimate of drug-likeness (QED) is 0.814. The maximum Gasteiger partial charge on any atom is 0.244 e. The van der Waals surface area contributed by atoms with Gasteiger partial charge in [0.05, 0.1) is 4.90 Å². The molecule has 0 amide bonds. The van der Waals surface area contributed by atoms with Crippen LogP contribution in [0.25, 0.3) is 0 Å². The first-order chi connectivity index (χ1) is 7.39. The number of hydrogen-bond acceptors (Lipinski definition) is 4. The summed E-state index contributed by atoms with van der Waals surface area (Å²) in [5, 5.41) is 1.74. The molecule has 1 aromatic heterocycles. The van der Waals surface area contributed by atoms with Crippen LogP contribution in [-0.2, 0) is 16.6 Å². The van der Waals surface area contributed by atoms with Crippen molar-refractivity contribution in [2.75, 3.05) is 13.6 Å². The van der Waals surface area contributed by atoms with Crippen LogP contribution in [0.4, 0.5) is 0 Å². The maximum absolute atomic E-state index is 12.1. The highest BCUT2D eigenvalue weighted by atomic mass is 32.2. The van der Waals surface area contributed by atoms with E-state index < -0.39 is 10.0 Å². The van der Waals surface area contributed by atoms with Gasteiger partial charge in [0.15, 0.2) is 0 Å². The van der Waals surface area contributed by atoms with Gasteiger partial charge in [-0.2, -0.15) is 4.31 Å². The van der Waals surface area contributed by atoms with E-state index in [4.69, 9.17) is 5.73 Å². The number of hydrogen-bond donors (Lipinski definition) is 1. The molecule has 0 unspecified atom stereocenters. The summed E-state index contributed by atoms with van der Waals surface area (Å²) in [5.41, 5.74) is 6.30. The van der Waals surface area contributed by atoms with Crippen molar-refractivity contribution < 1.29 is 8.42 Å². The molecule has 1 rings (SSSR count). The zero-order valence-electron chi connectivity index (χ0n) is 9.43. The third kappa shape index (κ3) is 2.70. The van der Waals surface area contributed by atoms with Crippen LogP contribution in [0.5, 0.6) is 0 Å². The third-order valence-electron chi connectivity index (χ3n) is 2.07. The molecule has 0 aliphatic rings. The summed E-state index contributed by atoms with van der Waals surface area (Å²) in [7, 11) is -1.89. The molecule has 0 aromatic carbocycles. The number of rotatable bonds is 5. The summed E-state index contributed by atoms with van der Waals surface area (Å²) in [4.78, 5) is 0.998. The van der Waals surface area contributed by atoms with Crippen molar-refractivity contribution >= 4 is 21.4 Å². The summed E-state index contributed by atoms with van der Waals surface area (Å²) >= 11 is 1.36. The van der Waals surface area contributed by atoms with Crippen LogP contribution in [0.2, 0.25) is 0 Å². The monoisotopic (exact) mass is 260 g/mol. The van der Waals surface area contributed by atoms with Gasteiger partial charge in [-0.05, 0) is 18.4 Å². The fourth-order valence-corrected chi connectivity index (χ4v) is 3.87. The summed E-state index contributed by atoms with van der Waals surface area (Å²) < 4.78 is 25.6. The molecule has 1 heterocycles. The van der Waals surface area contributed by atoms with Gasteiger partial charge in [0, 0.05) is 25.0 Å². The largest absolute Gasteiger partial charge is 0.326 e. The minimum Gasteiger partial charge on any atom is -0.326 e. The van der Waals surface area contributed by atoms with Crippen molar-refractivity contribution in [3.63, 3.8) is 0 Å². The average Bonchev–Trinajstić information content (AvgIpc) is 2.64. The second-order valence-electron chi connectivity index (χ2n) is 3.63. The van der Waals surface area contributed by atoms with Gasteiger partial charge in [-0.15, -0.1) is 11.3 Å². The minimum absolute atomic E-state index is 0.243. The molecule has 0 aliphatic heterocycles. The highest BCUT2D eigenvalue weighted by Crippen LogP contribution is 2.24. The fraction of sp³-hybridized carbons (Fsp3) is 0.400. The molecule has 90 valence electrons. The topological polar surface area (TPSA) is 63.4 Å². The van der Waals surface area contributed by atoms with Gasteiger partial charge >= 0.3 is 0 Å². The van der Waals surface area contributed by atoms with Crippen LogP contribution in [0.1, 0.15) is 11.8 Å². The second kappa shape index (κ2) is 5.09. The second-order valence-corrected chi connectivity index (χ2v) is 6.64.